The van der Waals surface area contributed by atoms with Crippen molar-refractivity contribution in [3.8, 4) is 33.4 Å². The van der Waals surface area contributed by atoms with Crippen LogP contribution in [0.5, 0.6) is 0 Å². The fourth-order valence-electron chi connectivity index (χ4n) is 7.55. The lowest BCUT2D eigenvalue weighted by Crippen LogP contribution is -1.92. The number of allylic oxidation sites excluding steroid dienone is 1. The van der Waals surface area contributed by atoms with Crippen LogP contribution in [0.3, 0.4) is 0 Å². The lowest BCUT2D eigenvalue weighted by molar-refractivity contribution is 1.15. The van der Waals surface area contributed by atoms with Crippen LogP contribution in [-0.2, 0) is 6.42 Å². The monoisotopic (exact) mass is 509 g/mol. The summed E-state index contributed by atoms with van der Waals surface area (Å²) in [5, 5.41) is 9.27. The van der Waals surface area contributed by atoms with Crippen LogP contribution in [0.2, 0.25) is 0 Å². The van der Waals surface area contributed by atoms with Crippen LogP contribution in [-0.4, -0.2) is 4.98 Å². The van der Waals surface area contributed by atoms with Crippen LogP contribution in [0.1, 0.15) is 36.1 Å². The molecule has 1 heterocycles. The van der Waals surface area contributed by atoms with Crippen LogP contribution in [0.4, 0.5) is 0 Å². The van der Waals surface area contributed by atoms with E-state index in [2.05, 4.69) is 112 Å². The SMILES string of the molecule is CCc1ccc2c3c(cc4c5ccc(C)cc5c(-c5ccc6c7c(ccnc57)C(C)=C6)cc24)-c2ccccc2-c13. The van der Waals surface area contributed by atoms with Crippen molar-refractivity contribution in [3.63, 3.8) is 0 Å². The third-order valence-electron chi connectivity index (χ3n) is 9.35. The molecule has 40 heavy (non-hydrogen) atoms. The van der Waals surface area contributed by atoms with Crippen molar-refractivity contribution >= 4 is 54.9 Å². The Hall–Kier alpha value is -4.75. The quantitative estimate of drug-likeness (QED) is 0.211. The lowest BCUT2D eigenvalue weighted by Gasteiger charge is -2.17. The highest BCUT2D eigenvalue weighted by atomic mass is 14.7. The number of rotatable bonds is 2. The van der Waals surface area contributed by atoms with Gasteiger partial charge in [0.2, 0.25) is 0 Å². The van der Waals surface area contributed by atoms with E-state index >= 15 is 0 Å². The Bertz CT molecular complexity index is 2320. The maximum absolute atomic E-state index is 4.98. The Balaban J connectivity index is 1.47. The zero-order valence-corrected chi connectivity index (χ0v) is 22.9. The molecule has 2 aliphatic carbocycles. The van der Waals surface area contributed by atoms with E-state index < -0.39 is 0 Å². The van der Waals surface area contributed by atoms with Crippen LogP contribution in [0.15, 0.2) is 91.1 Å². The molecule has 0 aliphatic heterocycles. The van der Waals surface area contributed by atoms with Gasteiger partial charge in [-0.15, -0.1) is 0 Å². The molecule has 1 nitrogen and oxygen atoms in total. The second-order valence-electron chi connectivity index (χ2n) is 11.5. The zero-order valence-electron chi connectivity index (χ0n) is 22.9. The second-order valence-corrected chi connectivity index (χ2v) is 11.5. The predicted octanol–water partition coefficient (Wildman–Crippen LogP) is 10.8. The minimum absolute atomic E-state index is 1.03. The maximum atomic E-state index is 4.98. The number of aromatic nitrogens is 1. The summed E-state index contributed by atoms with van der Waals surface area (Å²) in [6.07, 6.45) is 5.29. The summed E-state index contributed by atoms with van der Waals surface area (Å²) in [6, 6.07) is 32.3. The van der Waals surface area contributed by atoms with E-state index in [-0.39, 0.29) is 0 Å². The molecule has 0 saturated carbocycles. The van der Waals surface area contributed by atoms with Crippen molar-refractivity contribution in [2.24, 2.45) is 0 Å². The molecule has 7 aromatic rings. The van der Waals surface area contributed by atoms with E-state index in [1.54, 1.807) is 0 Å². The van der Waals surface area contributed by atoms with Crippen molar-refractivity contribution in [1.82, 2.24) is 4.98 Å². The Labute approximate surface area is 233 Å². The second kappa shape index (κ2) is 7.67. The molecule has 6 aromatic carbocycles. The number of aryl methyl sites for hydroxylation is 2. The highest BCUT2D eigenvalue weighted by Crippen LogP contribution is 2.52. The Morgan fingerprint density at radius 2 is 1.38 bits per heavy atom. The summed E-state index contributed by atoms with van der Waals surface area (Å²) in [5.74, 6) is 0. The minimum Gasteiger partial charge on any atom is -0.256 e. The first-order valence-corrected chi connectivity index (χ1v) is 14.3. The number of pyridine rings is 1. The van der Waals surface area contributed by atoms with E-state index in [0.717, 1.165) is 11.9 Å². The summed E-state index contributed by atoms with van der Waals surface area (Å²) in [7, 11) is 0. The summed E-state index contributed by atoms with van der Waals surface area (Å²) >= 11 is 0. The smallest absolute Gasteiger partial charge is 0.0792 e. The summed E-state index contributed by atoms with van der Waals surface area (Å²) in [6.45, 7) is 6.67. The van der Waals surface area contributed by atoms with Gasteiger partial charge in [0.1, 0.15) is 0 Å². The number of benzene rings is 6. The molecule has 0 N–H and O–H groups in total. The maximum Gasteiger partial charge on any atom is 0.0792 e. The summed E-state index contributed by atoms with van der Waals surface area (Å²) < 4.78 is 0. The van der Waals surface area contributed by atoms with Crippen LogP contribution in [0.25, 0.3) is 88.3 Å². The van der Waals surface area contributed by atoms with Crippen LogP contribution >= 0.6 is 0 Å². The van der Waals surface area contributed by atoms with Gasteiger partial charge in [-0.25, -0.2) is 0 Å². The third kappa shape index (κ3) is 2.70. The molecule has 0 radical (unpaired) electrons. The lowest BCUT2D eigenvalue weighted by atomic mass is 9.87. The first-order chi connectivity index (χ1) is 19.6. The summed E-state index contributed by atoms with van der Waals surface area (Å²) in [5.41, 5.74) is 15.7. The number of fused-ring (bicyclic) bond motifs is 7. The van der Waals surface area contributed by atoms with Gasteiger partial charge < -0.3 is 0 Å². The van der Waals surface area contributed by atoms with Gasteiger partial charge >= 0.3 is 0 Å². The topological polar surface area (TPSA) is 12.9 Å². The predicted molar refractivity (Wildman–Crippen MR) is 172 cm³/mol. The van der Waals surface area contributed by atoms with Crippen molar-refractivity contribution in [1.29, 1.82) is 0 Å². The highest BCUT2D eigenvalue weighted by molar-refractivity contribution is 6.29. The zero-order chi connectivity index (χ0) is 26.7. The molecule has 9 rings (SSSR count). The van der Waals surface area contributed by atoms with E-state index in [0.29, 0.717) is 0 Å². The number of nitrogens with zero attached hydrogens (tertiary/aromatic N) is 1. The van der Waals surface area contributed by atoms with Gasteiger partial charge in [0, 0.05) is 17.1 Å². The Morgan fingerprint density at radius 3 is 2.25 bits per heavy atom. The normalized spacial score (nSPS) is 13.1. The molecule has 188 valence electrons. The first kappa shape index (κ1) is 22.1. The van der Waals surface area contributed by atoms with E-state index in [9.17, 15) is 0 Å². The molecule has 0 saturated heterocycles. The van der Waals surface area contributed by atoms with Crippen molar-refractivity contribution < 1.29 is 0 Å². The van der Waals surface area contributed by atoms with Crippen molar-refractivity contribution in [2.45, 2.75) is 27.2 Å². The molecule has 0 spiro atoms. The van der Waals surface area contributed by atoms with Gasteiger partial charge in [-0.3, -0.25) is 4.98 Å². The van der Waals surface area contributed by atoms with Gasteiger partial charge in [0.05, 0.1) is 5.52 Å². The molecular formula is C39H27N. The Kier molecular flexibility index (Phi) is 4.24. The standard InChI is InChI=1S/C39H27N/c1-4-23-10-13-29-33-19-34(30-14-11-24-18-22(3)25-15-16-40-39(30)37(24)25)31-17-21(2)9-12-27(31)32(33)20-35-26-7-5-6-8-28(26)36(23)38(29)35/h5-20H,4H2,1-3H3. The highest BCUT2D eigenvalue weighted by Gasteiger charge is 2.26. The van der Waals surface area contributed by atoms with E-state index in [4.69, 9.17) is 4.98 Å². The molecule has 0 unspecified atom stereocenters. The van der Waals surface area contributed by atoms with Gasteiger partial charge in [-0.05, 0) is 121 Å². The average Bonchev–Trinajstić information content (AvgIpc) is 3.49. The van der Waals surface area contributed by atoms with Crippen LogP contribution < -0.4 is 0 Å². The van der Waals surface area contributed by atoms with E-state index in [1.165, 1.54) is 98.9 Å². The molecule has 1 aromatic heterocycles. The fraction of sp³-hybridized carbons (Fsp3) is 0.103. The average molecular weight is 510 g/mol. The molecule has 0 atom stereocenters. The fourth-order valence-corrected chi connectivity index (χ4v) is 7.55. The van der Waals surface area contributed by atoms with Gasteiger partial charge in [0.15, 0.2) is 0 Å². The van der Waals surface area contributed by atoms with E-state index in [1.807, 2.05) is 6.20 Å². The number of hydrogen-bond donors (Lipinski definition) is 0. The summed E-state index contributed by atoms with van der Waals surface area (Å²) in [4.78, 5) is 4.98. The van der Waals surface area contributed by atoms with Gasteiger partial charge in [-0.1, -0.05) is 85.3 Å². The van der Waals surface area contributed by atoms with Gasteiger partial charge in [0.25, 0.3) is 0 Å². The number of hydrogen-bond acceptors (Lipinski definition) is 1. The van der Waals surface area contributed by atoms with Crippen molar-refractivity contribution in [3.05, 3.63) is 113 Å². The molecule has 0 fully saturated rings. The largest absolute Gasteiger partial charge is 0.256 e. The molecular weight excluding hydrogens is 482 g/mol. The molecule has 1 heteroatoms. The van der Waals surface area contributed by atoms with Crippen molar-refractivity contribution in [2.75, 3.05) is 0 Å². The Morgan fingerprint density at radius 1 is 0.575 bits per heavy atom. The van der Waals surface area contributed by atoms with Gasteiger partial charge in [-0.2, -0.15) is 0 Å². The van der Waals surface area contributed by atoms with Crippen LogP contribution in [0, 0.1) is 6.92 Å². The third-order valence-corrected chi connectivity index (χ3v) is 9.35. The minimum atomic E-state index is 1.03. The molecule has 0 amide bonds. The molecule has 2 aliphatic rings. The molecule has 0 bridgehead atoms. The first-order valence-electron chi connectivity index (χ1n) is 14.3.